The molecule has 0 spiro atoms. The lowest BCUT2D eigenvalue weighted by Gasteiger charge is -2.18. The molecule has 4 N–H and O–H groups in total. The Morgan fingerprint density at radius 2 is 1.28 bits per heavy atom. The van der Waals surface area contributed by atoms with Crippen molar-refractivity contribution >= 4 is 35.0 Å². The van der Waals surface area contributed by atoms with Crippen LogP contribution in [0.25, 0.3) is 34.0 Å². The highest BCUT2D eigenvalue weighted by molar-refractivity contribution is 6.01. The highest BCUT2D eigenvalue weighted by atomic mass is 19.1. The first kappa shape index (κ1) is 30.8. The topological polar surface area (TPSA) is 154 Å². The van der Waals surface area contributed by atoms with Crippen LogP contribution in [0.15, 0.2) is 48.8 Å². The maximum atomic E-state index is 16.1. The molecular weight excluding hydrogens is 660 g/mol. The maximum absolute atomic E-state index is 16.1. The molecule has 0 fully saturated rings. The number of aromatic nitrogens is 8. The molecule has 8 rings (SSSR count). The van der Waals surface area contributed by atoms with Crippen molar-refractivity contribution in [2.75, 3.05) is 23.7 Å². The van der Waals surface area contributed by atoms with E-state index in [9.17, 15) is 18.4 Å². The number of nitrogens with zero attached hydrogens (tertiary/aromatic N) is 8. The lowest BCUT2D eigenvalue weighted by atomic mass is 10.1. The van der Waals surface area contributed by atoms with Crippen molar-refractivity contribution in [3.05, 3.63) is 83.4 Å². The average molecular weight is 687 g/mol. The normalized spacial score (nSPS) is 13.9. The van der Waals surface area contributed by atoms with Crippen molar-refractivity contribution in [2.24, 2.45) is 14.1 Å². The van der Waals surface area contributed by atoms with Gasteiger partial charge in [-0.05, 0) is 24.3 Å². The van der Waals surface area contributed by atoms with E-state index in [4.69, 9.17) is 0 Å². The van der Waals surface area contributed by atoms with E-state index < -0.39 is 46.2 Å². The quantitative estimate of drug-likeness (QED) is 0.183. The molecule has 0 saturated heterocycles. The van der Waals surface area contributed by atoms with Gasteiger partial charge in [0, 0.05) is 64.3 Å². The summed E-state index contributed by atoms with van der Waals surface area (Å²) in [5.74, 6) is -4.45. The molecule has 18 heteroatoms. The number of halogens is 4. The number of fused-ring (bicyclic) bond motifs is 2. The molecule has 50 heavy (non-hydrogen) atoms. The number of benzene rings is 2. The third kappa shape index (κ3) is 5.03. The van der Waals surface area contributed by atoms with Crippen LogP contribution in [-0.4, -0.2) is 63.6 Å². The zero-order valence-electron chi connectivity index (χ0n) is 26.4. The first-order valence-corrected chi connectivity index (χ1v) is 15.4. The molecule has 6 heterocycles. The number of rotatable bonds is 7. The minimum absolute atomic E-state index is 0.0136. The van der Waals surface area contributed by atoms with Gasteiger partial charge in [0.2, 0.25) is 0 Å². The van der Waals surface area contributed by atoms with Crippen molar-refractivity contribution in [3.8, 4) is 34.0 Å². The molecule has 0 radical (unpaired) electrons. The van der Waals surface area contributed by atoms with Crippen LogP contribution in [0.3, 0.4) is 0 Å². The van der Waals surface area contributed by atoms with Gasteiger partial charge in [-0.1, -0.05) is 6.07 Å². The molecule has 0 atom stereocenters. The van der Waals surface area contributed by atoms with Gasteiger partial charge in [0.25, 0.3) is 11.8 Å². The van der Waals surface area contributed by atoms with Crippen LogP contribution < -0.4 is 21.3 Å². The molecule has 14 nitrogen and oxygen atoms in total. The van der Waals surface area contributed by atoms with Crippen molar-refractivity contribution in [1.29, 1.82) is 0 Å². The number of anilines is 4. The van der Waals surface area contributed by atoms with E-state index >= 15 is 8.78 Å². The summed E-state index contributed by atoms with van der Waals surface area (Å²) in [7, 11) is 3.30. The Labute approximate surface area is 279 Å². The number of amides is 2. The largest absolute Gasteiger partial charge is 0.349 e. The van der Waals surface area contributed by atoms with Gasteiger partial charge in [0.05, 0.1) is 16.8 Å². The molecule has 0 saturated carbocycles. The fourth-order valence-corrected chi connectivity index (χ4v) is 6.25. The Morgan fingerprint density at radius 1 is 0.720 bits per heavy atom. The summed E-state index contributed by atoms with van der Waals surface area (Å²) in [6.07, 6.45) is 3.19. The molecule has 0 unspecified atom stereocenters. The van der Waals surface area contributed by atoms with E-state index in [0.717, 1.165) is 24.3 Å². The van der Waals surface area contributed by atoms with E-state index in [1.165, 1.54) is 26.1 Å². The Morgan fingerprint density at radius 3 is 1.84 bits per heavy atom. The van der Waals surface area contributed by atoms with Crippen molar-refractivity contribution in [3.63, 3.8) is 0 Å². The molecule has 2 amide bonds. The summed E-state index contributed by atoms with van der Waals surface area (Å²) in [5.41, 5.74) is -0.427. The third-order valence-electron chi connectivity index (χ3n) is 8.37. The van der Waals surface area contributed by atoms with Crippen LogP contribution in [-0.2, 0) is 27.2 Å². The number of imidazole rings is 2. The standard InChI is InChI=1S/C32H26F4N12O2/c1-45-9-6-21(43-45)40-28-26-32(50)38-8-11-48(26)30(42-28)23-18(35)12-15(13-19(23)36)24-20(14-46(2)44-24)39-27-25-31(49)37-7-10-47(25)29(41-27)22-16(33)4-3-5-17(22)34/h3-6,9,12-14,39H,7-8,10-11H2,1-2H3,(H,37,49)(H,38,50)(H,40,43). The third-order valence-corrected chi connectivity index (χ3v) is 8.37. The van der Waals surface area contributed by atoms with Gasteiger partial charge in [0.15, 0.2) is 28.8 Å². The van der Waals surface area contributed by atoms with E-state index in [1.54, 1.807) is 31.0 Å². The highest BCUT2D eigenvalue weighted by Crippen LogP contribution is 2.38. The van der Waals surface area contributed by atoms with Gasteiger partial charge >= 0.3 is 0 Å². The average Bonchev–Trinajstić information content (AvgIpc) is 3.83. The van der Waals surface area contributed by atoms with Gasteiger partial charge in [-0.3, -0.25) is 19.0 Å². The fourth-order valence-electron chi connectivity index (χ4n) is 6.25. The van der Waals surface area contributed by atoms with Crippen LogP contribution >= 0.6 is 0 Å². The molecule has 0 aliphatic carbocycles. The Bertz CT molecular complexity index is 2330. The number of hydrogen-bond acceptors (Lipinski definition) is 8. The van der Waals surface area contributed by atoms with Gasteiger partial charge in [-0.15, -0.1) is 0 Å². The van der Waals surface area contributed by atoms with Crippen molar-refractivity contribution < 1.29 is 27.2 Å². The zero-order chi connectivity index (χ0) is 34.8. The zero-order valence-corrected chi connectivity index (χ0v) is 26.4. The highest BCUT2D eigenvalue weighted by Gasteiger charge is 2.32. The van der Waals surface area contributed by atoms with E-state index in [0.29, 0.717) is 5.82 Å². The fraction of sp³-hybridized carbons (Fsp3) is 0.188. The number of hydrogen-bond donors (Lipinski definition) is 4. The van der Waals surface area contributed by atoms with E-state index in [2.05, 4.69) is 41.4 Å². The lowest BCUT2D eigenvalue weighted by Crippen LogP contribution is -2.35. The molecule has 6 aromatic rings. The lowest BCUT2D eigenvalue weighted by molar-refractivity contribution is 0.0921. The predicted molar refractivity (Wildman–Crippen MR) is 172 cm³/mol. The van der Waals surface area contributed by atoms with E-state index in [-0.39, 0.29) is 77.8 Å². The van der Waals surface area contributed by atoms with Gasteiger partial charge in [0.1, 0.15) is 40.6 Å². The van der Waals surface area contributed by atoms with Gasteiger partial charge in [-0.25, -0.2) is 27.5 Å². The molecule has 0 bridgehead atoms. The summed E-state index contributed by atoms with van der Waals surface area (Å²) in [5, 5.41) is 20.0. The van der Waals surface area contributed by atoms with Gasteiger partial charge < -0.3 is 30.4 Å². The minimum atomic E-state index is -0.976. The smallest absolute Gasteiger partial charge is 0.271 e. The molecule has 4 aromatic heterocycles. The van der Waals surface area contributed by atoms with Gasteiger partial charge in [-0.2, -0.15) is 10.2 Å². The Balaban J connectivity index is 1.19. The van der Waals surface area contributed by atoms with Crippen LogP contribution in [0, 0.1) is 23.3 Å². The first-order chi connectivity index (χ1) is 24.1. The molecule has 254 valence electrons. The van der Waals surface area contributed by atoms with Crippen LogP contribution in [0.4, 0.5) is 40.7 Å². The first-order valence-electron chi connectivity index (χ1n) is 15.4. The second kappa shape index (κ2) is 11.6. The monoisotopic (exact) mass is 686 g/mol. The summed E-state index contributed by atoms with van der Waals surface area (Å²) in [6, 6.07) is 7.23. The maximum Gasteiger partial charge on any atom is 0.271 e. The van der Waals surface area contributed by atoms with Crippen molar-refractivity contribution in [1.82, 2.24) is 49.3 Å². The Kier molecular flexibility index (Phi) is 7.16. The van der Waals surface area contributed by atoms with Crippen LogP contribution in [0.5, 0.6) is 0 Å². The SMILES string of the molecule is Cn1ccc(Nc2nc(-c3c(F)cc(-c4nn(C)cc4Nc4nc(-c5c(F)cccc5F)n5c4C(=O)NCC5)cc3F)n3c2C(=O)NCC3)n1. The van der Waals surface area contributed by atoms with Crippen molar-refractivity contribution in [2.45, 2.75) is 13.1 Å². The van der Waals surface area contributed by atoms with Crippen LogP contribution in [0.2, 0.25) is 0 Å². The number of nitrogens with one attached hydrogen (secondary N) is 4. The number of carbonyl (C=O) groups excluding carboxylic acids is 2. The minimum Gasteiger partial charge on any atom is -0.349 e. The Hall–Kier alpha value is -6.46. The second-order valence-corrected chi connectivity index (χ2v) is 11.7. The molecular formula is C32H26F4N12O2. The summed E-state index contributed by atoms with van der Waals surface area (Å²) in [6.45, 7) is 0.834. The summed E-state index contributed by atoms with van der Waals surface area (Å²) < 4.78 is 67.6. The predicted octanol–water partition coefficient (Wildman–Crippen LogP) is 4.08. The van der Waals surface area contributed by atoms with Crippen LogP contribution in [0.1, 0.15) is 21.0 Å². The number of carbonyl (C=O) groups is 2. The number of aryl methyl sites for hydroxylation is 2. The van der Waals surface area contributed by atoms with E-state index in [1.807, 2.05) is 0 Å². The molecule has 2 aromatic carbocycles. The molecule has 2 aliphatic heterocycles. The summed E-state index contributed by atoms with van der Waals surface area (Å²) >= 11 is 0. The second-order valence-electron chi connectivity index (χ2n) is 11.7. The summed E-state index contributed by atoms with van der Waals surface area (Å²) in [4.78, 5) is 34.7. The molecule has 2 aliphatic rings.